The van der Waals surface area contributed by atoms with Gasteiger partial charge in [0.1, 0.15) is 0 Å². The maximum Gasteiger partial charge on any atom is 0.0233 e. The Morgan fingerprint density at radius 3 is 2.48 bits per heavy atom. The maximum atomic E-state index is 3.61. The molecule has 0 spiro atoms. The molecule has 0 atom stereocenters. The molecule has 1 saturated heterocycles. The van der Waals surface area contributed by atoms with Gasteiger partial charge in [0.15, 0.2) is 0 Å². The molecule has 0 aromatic heterocycles. The zero-order valence-electron chi connectivity index (χ0n) is 14.3. The molecule has 0 unspecified atom stereocenters. The molecule has 0 radical (unpaired) electrons. The highest BCUT2D eigenvalue weighted by molar-refractivity contribution is 5.29. The Morgan fingerprint density at radius 1 is 1.14 bits per heavy atom. The molecule has 0 saturated carbocycles. The highest BCUT2D eigenvalue weighted by atomic mass is 15.1. The Labute approximate surface area is 130 Å². The fourth-order valence-corrected chi connectivity index (χ4v) is 3.08. The Morgan fingerprint density at radius 2 is 1.86 bits per heavy atom. The maximum absolute atomic E-state index is 3.61. The summed E-state index contributed by atoms with van der Waals surface area (Å²) >= 11 is 0. The zero-order valence-corrected chi connectivity index (χ0v) is 14.3. The molecule has 2 nitrogen and oxygen atoms in total. The van der Waals surface area contributed by atoms with Crippen molar-refractivity contribution in [3.05, 3.63) is 34.9 Å². The van der Waals surface area contributed by atoms with Crippen molar-refractivity contribution >= 4 is 0 Å². The Kier molecular flexibility index (Phi) is 6.25. The van der Waals surface area contributed by atoms with E-state index >= 15 is 0 Å². The van der Waals surface area contributed by atoms with Crippen molar-refractivity contribution in [2.75, 3.05) is 26.2 Å². The van der Waals surface area contributed by atoms with E-state index in [4.69, 9.17) is 0 Å². The molecule has 2 rings (SSSR count). The number of rotatable bonds is 6. The molecule has 0 aliphatic carbocycles. The molecule has 1 aliphatic rings. The van der Waals surface area contributed by atoms with Crippen molar-refractivity contribution < 1.29 is 0 Å². The highest BCUT2D eigenvalue weighted by Crippen LogP contribution is 2.19. The van der Waals surface area contributed by atoms with Gasteiger partial charge in [-0.05, 0) is 81.4 Å². The predicted octanol–water partition coefficient (Wildman–Crippen LogP) is 3.76. The van der Waals surface area contributed by atoms with E-state index in [1.54, 1.807) is 0 Å². The van der Waals surface area contributed by atoms with E-state index in [1.165, 1.54) is 49.2 Å². The van der Waals surface area contributed by atoms with Crippen molar-refractivity contribution in [3.63, 3.8) is 0 Å². The van der Waals surface area contributed by atoms with Crippen LogP contribution < -0.4 is 5.32 Å². The summed E-state index contributed by atoms with van der Waals surface area (Å²) in [4.78, 5) is 2.61. The molecule has 118 valence electrons. The minimum absolute atomic E-state index is 0.759. The van der Waals surface area contributed by atoms with Gasteiger partial charge in [-0.2, -0.15) is 0 Å². The SMILES string of the molecule is Cc1ccc(CN2CCC(CNCC(C)C)CC2)cc1C. The monoisotopic (exact) mass is 288 g/mol. The van der Waals surface area contributed by atoms with Crippen LogP contribution in [-0.4, -0.2) is 31.1 Å². The average molecular weight is 288 g/mol. The molecule has 1 heterocycles. The quantitative estimate of drug-likeness (QED) is 0.857. The van der Waals surface area contributed by atoms with Crippen LogP contribution in [0.15, 0.2) is 18.2 Å². The summed E-state index contributed by atoms with van der Waals surface area (Å²) in [6, 6.07) is 6.90. The molecule has 1 aromatic carbocycles. The predicted molar refractivity (Wildman–Crippen MR) is 91.6 cm³/mol. The van der Waals surface area contributed by atoms with Crippen LogP contribution in [0, 0.1) is 25.7 Å². The topological polar surface area (TPSA) is 15.3 Å². The minimum Gasteiger partial charge on any atom is -0.316 e. The lowest BCUT2D eigenvalue weighted by Gasteiger charge is -2.32. The first-order valence-corrected chi connectivity index (χ1v) is 8.54. The van der Waals surface area contributed by atoms with E-state index in [0.717, 1.165) is 24.9 Å². The number of hydrogen-bond acceptors (Lipinski definition) is 2. The van der Waals surface area contributed by atoms with Crippen molar-refractivity contribution in [1.29, 1.82) is 0 Å². The lowest BCUT2D eigenvalue weighted by Crippen LogP contribution is -2.37. The first-order chi connectivity index (χ1) is 10.0. The van der Waals surface area contributed by atoms with Crippen LogP contribution in [-0.2, 0) is 6.54 Å². The van der Waals surface area contributed by atoms with E-state index in [0.29, 0.717) is 0 Å². The van der Waals surface area contributed by atoms with Gasteiger partial charge in [0.05, 0.1) is 0 Å². The molecular formula is C19H32N2. The van der Waals surface area contributed by atoms with Gasteiger partial charge in [-0.3, -0.25) is 4.90 Å². The van der Waals surface area contributed by atoms with Crippen LogP contribution in [0.5, 0.6) is 0 Å². The van der Waals surface area contributed by atoms with Crippen molar-refractivity contribution in [2.24, 2.45) is 11.8 Å². The fourth-order valence-electron chi connectivity index (χ4n) is 3.08. The summed E-state index contributed by atoms with van der Waals surface area (Å²) in [5.74, 6) is 1.63. The average Bonchev–Trinajstić information content (AvgIpc) is 2.44. The van der Waals surface area contributed by atoms with Gasteiger partial charge in [0.2, 0.25) is 0 Å². The third-order valence-corrected chi connectivity index (χ3v) is 4.67. The Bertz CT molecular complexity index is 431. The number of aryl methyl sites for hydroxylation is 2. The summed E-state index contributed by atoms with van der Waals surface area (Å²) < 4.78 is 0. The second-order valence-electron chi connectivity index (χ2n) is 7.19. The molecule has 1 aliphatic heterocycles. The number of piperidine rings is 1. The third-order valence-electron chi connectivity index (χ3n) is 4.67. The molecule has 1 aromatic rings. The number of hydrogen-bond donors (Lipinski definition) is 1. The first kappa shape index (κ1) is 16.5. The van der Waals surface area contributed by atoms with Crippen molar-refractivity contribution in [1.82, 2.24) is 10.2 Å². The van der Waals surface area contributed by atoms with Gasteiger partial charge < -0.3 is 5.32 Å². The van der Waals surface area contributed by atoms with Crippen LogP contribution in [0.3, 0.4) is 0 Å². The van der Waals surface area contributed by atoms with E-state index in [9.17, 15) is 0 Å². The lowest BCUT2D eigenvalue weighted by molar-refractivity contribution is 0.175. The fraction of sp³-hybridized carbons (Fsp3) is 0.684. The normalized spacial score (nSPS) is 17.6. The van der Waals surface area contributed by atoms with Gasteiger partial charge in [0, 0.05) is 6.54 Å². The lowest BCUT2D eigenvalue weighted by atomic mass is 9.96. The number of benzene rings is 1. The van der Waals surface area contributed by atoms with Crippen molar-refractivity contribution in [3.8, 4) is 0 Å². The summed E-state index contributed by atoms with van der Waals surface area (Å²) in [6.07, 6.45) is 2.69. The Hall–Kier alpha value is -0.860. The number of nitrogens with one attached hydrogen (secondary N) is 1. The summed E-state index contributed by atoms with van der Waals surface area (Å²) in [6.45, 7) is 14.9. The van der Waals surface area contributed by atoms with Gasteiger partial charge in [-0.15, -0.1) is 0 Å². The van der Waals surface area contributed by atoms with Gasteiger partial charge in [-0.25, -0.2) is 0 Å². The summed E-state index contributed by atoms with van der Waals surface area (Å²) in [5, 5.41) is 3.61. The molecular weight excluding hydrogens is 256 g/mol. The number of nitrogens with zero attached hydrogens (tertiary/aromatic N) is 1. The highest BCUT2D eigenvalue weighted by Gasteiger charge is 2.19. The summed E-state index contributed by atoms with van der Waals surface area (Å²) in [5.41, 5.74) is 4.28. The van der Waals surface area contributed by atoms with Crippen LogP contribution >= 0.6 is 0 Å². The zero-order chi connectivity index (χ0) is 15.2. The van der Waals surface area contributed by atoms with E-state index < -0.39 is 0 Å². The molecule has 21 heavy (non-hydrogen) atoms. The smallest absolute Gasteiger partial charge is 0.0233 e. The van der Waals surface area contributed by atoms with Gasteiger partial charge >= 0.3 is 0 Å². The second-order valence-corrected chi connectivity index (χ2v) is 7.19. The van der Waals surface area contributed by atoms with E-state index in [2.05, 4.69) is 56.1 Å². The third kappa shape index (κ3) is 5.44. The van der Waals surface area contributed by atoms with E-state index in [1.807, 2.05) is 0 Å². The Balaban J connectivity index is 1.72. The molecule has 0 bridgehead atoms. The molecule has 1 N–H and O–H groups in total. The number of likely N-dealkylation sites (tertiary alicyclic amines) is 1. The standard InChI is InChI=1S/C19H32N2/c1-15(2)12-20-13-18-7-9-21(10-8-18)14-19-6-5-16(3)17(4)11-19/h5-6,11,15,18,20H,7-10,12-14H2,1-4H3. The van der Waals surface area contributed by atoms with Crippen molar-refractivity contribution in [2.45, 2.75) is 47.1 Å². The van der Waals surface area contributed by atoms with Gasteiger partial charge in [0.25, 0.3) is 0 Å². The van der Waals surface area contributed by atoms with E-state index in [-0.39, 0.29) is 0 Å². The first-order valence-electron chi connectivity index (χ1n) is 8.54. The van der Waals surface area contributed by atoms with Crippen LogP contribution in [0.4, 0.5) is 0 Å². The molecule has 1 fully saturated rings. The van der Waals surface area contributed by atoms with Gasteiger partial charge in [-0.1, -0.05) is 32.0 Å². The summed E-state index contributed by atoms with van der Waals surface area (Å²) in [7, 11) is 0. The minimum atomic E-state index is 0.759. The molecule has 2 heteroatoms. The second kappa shape index (κ2) is 7.95. The van der Waals surface area contributed by atoms with Crippen LogP contribution in [0.2, 0.25) is 0 Å². The van der Waals surface area contributed by atoms with Crippen LogP contribution in [0.1, 0.15) is 43.4 Å². The largest absolute Gasteiger partial charge is 0.316 e. The van der Waals surface area contributed by atoms with Crippen LogP contribution in [0.25, 0.3) is 0 Å². The molecule has 0 amide bonds.